The molecule has 0 saturated carbocycles. The highest BCUT2D eigenvalue weighted by molar-refractivity contribution is 6.04. The molecule has 1 aliphatic heterocycles. The number of hydrogen-bond donors (Lipinski definition) is 2. The molecular weight excluding hydrogens is 446 g/mol. The normalized spacial score (nSPS) is 17.5. The zero-order chi connectivity index (χ0) is 24.8. The Balaban J connectivity index is 1.46. The van der Waals surface area contributed by atoms with Crippen molar-refractivity contribution >= 4 is 17.5 Å². The van der Waals surface area contributed by atoms with Gasteiger partial charge in [-0.1, -0.05) is 24.3 Å². The summed E-state index contributed by atoms with van der Waals surface area (Å²) in [6.07, 6.45) is -0.515. The molecule has 3 aromatic carbocycles. The van der Waals surface area contributed by atoms with Crippen molar-refractivity contribution in [3.8, 4) is 11.8 Å². The second-order valence-corrected chi connectivity index (χ2v) is 8.12. The first kappa shape index (κ1) is 24.0. The molecule has 3 aromatic rings. The number of nitrogens with zero attached hydrogens (tertiary/aromatic N) is 2. The summed E-state index contributed by atoms with van der Waals surface area (Å²) >= 11 is 0. The van der Waals surface area contributed by atoms with E-state index in [2.05, 4.69) is 5.32 Å². The van der Waals surface area contributed by atoms with E-state index in [0.717, 1.165) is 16.9 Å². The van der Waals surface area contributed by atoms with Crippen molar-refractivity contribution in [2.45, 2.75) is 18.7 Å². The highest BCUT2D eigenvalue weighted by atomic mass is 16.5. The van der Waals surface area contributed by atoms with Gasteiger partial charge in [0.2, 0.25) is 5.91 Å². The number of aliphatic hydroxyl groups is 1. The molecule has 1 fully saturated rings. The standard InChI is InChI=1S/C27H25N3O5/c1-34-23-12-4-19(5-13-23)15-30-24(16-31)26(35-17-25(30)32)20-8-10-22(11-9-20)29-27(33)21-6-2-18(14-28)3-7-21/h2-13,24,26,31H,15-17H2,1H3,(H,29,33)/t24-,26-/m1/s1. The summed E-state index contributed by atoms with van der Waals surface area (Å²) in [7, 11) is 1.59. The number of anilines is 1. The van der Waals surface area contributed by atoms with Crippen molar-refractivity contribution in [2.24, 2.45) is 0 Å². The second kappa shape index (κ2) is 10.8. The molecular formula is C27H25N3O5. The summed E-state index contributed by atoms with van der Waals surface area (Å²) in [4.78, 5) is 26.7. The van der Waals surface area contributed by atoms with Crippen LogP contribution in [0.3, 0.4) is 0 Å². The van der Waals surface area contributed by atoms with Gasteiger partial charge in [0.25, 0.3) is 5.91 Å². The van der Waals surface area contributed by atoms with Crippen LogP contribution < -0.4 is 10.1 Å². The molecule has 1 heterocycles. The molecule has 0 aromatic heterocycles. The number of carbonyl (C=O) groups excluding carboxylic acids is 2. The molecule has 178 valence electrons. The summed E-state index contributed by atoms with van der Waals surface area (Å²) in [5, 5.41) is 21.9. The largest absolute Gasteiger partial charge is 0.497 e. The quantitative estimate of drug-likeness (QED) is 0.547. The number of morpholine rings is 1. The number of aliphatic hydroxyl groups excluding tert-OH is 1. The van der Waals surface area contributed by atoms with Crippen LogP contribution in [0.4, 0.5) is 5.69 Å². The maximum Gasteiger partial charge on any atom is 0.255 e. The third-order valence-electron chi connectivity index (χ3n) is 5.93. The predicted octanol–water partition coefficient (Wildman–Crippen LogP) is 3.28. The number of nitrogens with one attached hydrogen (secondary N) is 1. The summed E-state index contributed by atoms with van der Waals surface area (Å²) < 4.78 is 11.0. The molecule has 8 heteroatoms. The van der Waals surface area contributed by atoms with Gasteiger partial charge in [-0.25, -0.2) is 0 Å². The zero-order valence-electron chi connectivity index (χ0n) is 19.2. The van der Waals surface area contributed by atoms with Gasteiger partial charge in [0.15, 0.2) is 0 Å². The van der Waals surface area contributed by atoms with Crippen molar-refractivity contribution in [3.05, 3.63) is 95.1 Å². The van der Waals surface area contributed by atoms with Crippen molar-refractivity contribution in [3.63, 3.8) is 0 Å². The molecule has 0 spiro atoms. The molecule has 2 amide bonds. The first-order valence-corrected chi connectivity index (χ1v) is 11.1. The SMILES string of the molecule is COc1ccc(CN2C(=O)CO[C@H](c3ccc(NC(=O)c4ccc(C#N)cc4)cc3)[C@H]2CO)cc1. The first-order chi connectivity index (χ1) is 17.0. The van der Waals surface area contributed by atoms with Crippen LogP contribution in [0, 0.1) is 11.3 Å². The molecule has 2 N–H and O–H groups in total. The number of carbonyl (C=O) groups is 2. The summed E-state index contributed by atoms with van der Waals surface area (Å²) in [6.45, 7) is -0.00904. The Hall–Kier alpha value is -4.19. The monoisotopic (exact) mass is 471 g/mol. The molecule has 2 atom stereocenters. The van der Waals surface area contributed by atoms with Crippen LogP contribution in [0.15, 0.2) is 72.8 Å². The molecule has 1 saturated heterocycles. The van der Waals surface area contributed by atoms with Crippen LogP contribution in [-0.4, -0.2) is 48.2 Å². The minimum absolute atomic E-state index is 0.0888. The average Bonchev–Trinajstić information content (AvgIpc) is 2.90. The maximum absolute atomic E-state index is 12.6. The Morgan fingerprint density at radius 2 is 1.80 bits per heavy atom. The molecule has 0 unspecified atom stereocenters. The Morgan fingerprint density at radius 3 is 2.40 bits per heavy atom. The van der Waals surface area contributed by atoms with Gasteiger partial charge in [-0.3, -0.25) is 9.59 Å². The van der Waals surface area contributed by atoms with Crippen molar-refractivity contribution in [1.82, 2.24) is 4.90 Å². The lowest BCUT2D eigenvalue weighted by molar-refractivity contribution is -0.162. The van der Waals surface area contributed by atoms with Crippen LogP contribution in [0.5, 0.6) is 5.75 Å². The zero-order valence-corrected chi connectivity index (χ0v) is 19.2. The Kier molecular flexibility index (Phi) is 7.41. The van der Waals surface area contributed by atoms with Gasteiger partial charge in [-0.2, -0.15) is 5.26 Å². The minimum Gasteiger partial charge on any atom is -0.497 e. The number of rotatable bonds is 7. The van der Waals surface area contributed by atoms with Crippen LogP contribution in [-0.2, 0) is 16.1 Å². The van der Waals surface area contributed by atoms with Gasteiger partial charge in [-0.15, -0.1) is 0 Å². The first-order valence-electron chi connectivity index (χ1n) is 11.1. The van der Waals surface area contributed by atoms with E-state index in [0.29, 0.717) is 23.4 Å². The van der Waals surface area contributed by atoms with Gasteiger partial charge in [-0.05, 0) is 59.7 Å². The van der Waals surface area contributed by atoms with E-state index in [1.165, 1.54) is 0 Å². The lowest BCUT2D eigenvalue weighted by atomic mass is 9.98. The maximum atomic E-state index is 12.6. The number of nitriles is 1. The molecule has 0 aliphatic carbocycles. The van der Waals surface area contributed by atoms with E-state index in [1.54, 1.807) is 48.4 Å². The van der Waals surface area contributed by atoms with E-state index in [1.807, 2.05) is 42.5 Å². The summed E-state index contributed by atoms with van der Waals surface area (Å²) in [5.74, 6) is 0.244. The number of ether oxygens (including phenoxy) is 2. The fourth-order valence-electron chi connectivity index (χ4n) is 4.00. The third kappa shape index (κ3) is 5.49. The molecule has 0 bridgehead atoms. The Morgan fingerprint density at radius 1 is 1.11 bits per heavy atom. The number of benzene rings is 3. The fourth-order valence-corrected chi connectivity index (χ4v) is 4.00. The van der Waals surface area contributed by atoms with E-state index in [9.17, 15) is 14.7 Å². The molecule has 1 aliphatic rings. The van der Waals surface area contributed by atoms with Gasteiger partial charge < -0.3 is 24.8 Å². The Bertz CT molecular complexity index is 1220. The lowest BCUT2D eigenvalue weighted by Crippen LogP contribution is -2.52. The molecule has 0 radical (unpaired) electrons. The van der Waals surface area contributed by atoms with Crippen LogP contribution in [0.25, 0.3) is 0 Å². The minimum atomic E-state index is -0.558. The average molecular weight is 472 g/mol. The Labute approximate surface area is 203 Å². The summed E-state index contributed by atoms with van der Waals surface area (Å²) in [6, 6.07) is 22.4. The van der Waals surface area contributed by atoms with Gasteiger partial charge in [0.05, 0.1) is 31.4 Å². The lowest BCUT2D eigenvalue weighted by Gasteiger charge is -2.40. The van der Waals surface area contributed by atoms with Gasteiger partial charge >= 0.3 is 0 Å². The summed E-state index contributed by atoms with van der Waals surface area (Å²) in [5.41, 5.74) is 3.21. The molecule has 4 rings (SSSR count). The smallest absolute Gasteiger partial charge is 0.255 e. The predicted molar refractivity (Wildman–Crippen MR) is 129 cm³/mol. The van der Waals surface area contributed by atoms with E-state index < -0.39 is 12.1 Å². The fraction of sp³-hybridized carbons (Fsp3) is 0.222. The molecule has 8 nitrogen and oxygen atoms in total. The molecule has 35 heavy (non-hydrogen) atoms. The van der Waals surface area contributed by atoms with E-state index in [-0.39, 0.29) is 25.0 Å². The number of amides is 2. The van der Waals surface area contributed by atoms with E-state index in [4.69, 9.17) is 14.7 Å². The third-order valence-corrected chi connectivity index (χ3v) is 5.93. The van der Waals surface area contributed by atoms with E-state index >= 15 is 0 Å². The highest BCUT2D eigenvalue weighted by Gasteiger charge is 2.37. The second-order valence-electron chi connectivity index (χ2n) is 8.12. The number of hydrogen-bond acceptors (Lipinski definition) is 6. The topological polar surface area (TPSA) is 112 Å². The van der Waals surface area contributed by atoms with Crippen LogP contribution >= 0.6 is 0 Å². The van der Waals surface area contributed by atoms with Crippen LogP contribution in [0.2, 0.25) is 0 Å². The van der Waals surface area contributed by atoms with Crippen molar-refractivity contribution in [2.75, 3.05) is 25.6 Å². The number of methoxy groups -OCH3 is 1. The van der Waals surface area contributed by atoms with Crippen LogP contribution in [0.1, 0.15) is 33.2 Å². The van der Waals surface area contributed by atoms with Gasteiger partial charge in [0, 0.05) is 17.8 Å². The van der Waals surface area contributed by atoms with Crippen molar-refractivity contribution in [1.29, 1.82) is 5.26 Å². The van der Waals surface area contributed by atoms with Crippen molar-refractivity contribution < 1.29 is 24.2 Å². The van der Waals surface area contributed by atoms with Gasteiger partial charge in [0.1, 0.15) is 18.5 Å². The highest BCUT2D eigenvalue weighted by Crippen LogP contribution is 2.31.